The average Bonchev–Trinajstić information content (AvgIpc) is 2.65. The molecule has 0 bridgehead atoms. The number of carbonyl (C=O) groups is 2. The van der Waals surface area contributed by atoms with Crippen LogP contribution < -0.4 is 20.5 Å². The number of nitrogens with two attached hydrogens (primary N) is 1. The van der Waals surface area contributed by atoms with Crippen LogP contribution in [0.1, 0.15) is 23.2 Å². The zero-order valence-electron chi connectivity index (χ0n) is 14.0. The predicted molar refractivity (Wildman–Crippen MR) is 95.4 cm³/mol. The van der Waals surface area contributed by atoms with Gasteiger partial charge in [-0.2, -0.15) is 0 Å². The molecule has 25 heavy (non-hydrogen) atoms. The highest BCUT2D eigenvalue weighted by Gasteiger charge is 2.31. The van der Waals surface area contributed by atoms with E-state index in [0.717, 1.165) is 12.8 Å². The van der Waals surface area contributed by atoms with Crippen LogP contribution in [0.5, 0.6) is 11.5 Å². The van der Waals surface area contributed by atoms with Crippen LogP contribution in [0.4, 0.5) is 0 Å². The molecule has 1 fully saturated rings. The minimum Gasteiger partial charge on any atom is -0.486 e. The molecule has 8 heteroatoms. The quantitative estimate of drug-likeness (QED) is 0.819. The summed E-state index contributed by atoms with van der Waals surface area (Å²) < 4.78 is 11.2. The largest absolute Gasteiger partial charge is 0.486 e. The lowest BCUT2D eigenvalue weighted by atomic mass is 9.96. The van der Waals surface area contributed by atoms with Gasteiger partial charge in [-0.1, -0.05) is 6.07 Å². The summed E-state index contributed by atoms with van der Waals surface area (Å²) in [6, 6.07) is 5.33. The van der Waals surface area contributed by atoms with Gasteiger partial charge in [-0.25, -0.2) is 0 Å². The lowest BCUT2D eigenvalue weighted by molar-refractivity contribution is -0.126. The summed E-state index contributed by atoms with van der Waals surface area (Å²) >= 11 is 0. The number of rotatable bonds is 4. The Hall–Kier alpha value is -1.99. The van der Waals surface area contributed by atoms with Gasteiger partial charge in [0.05, 0.1) is 11.5 Å². The lowest BCUT2D eigenvalue weighted by Crippen LogP contribution is -2.46. The molecule has 0 aromatic heterocycles. The van der Waals surface area contributed by atoms with Gasteiger partial charge in [0.1, 0.15) is 13.2 Å². The first kappa shape index (κ1) is 19.3. The maximum absolute atomic E-state index is 12.9. The Bertz CT molecular complexity index is 626. The SMILES string of the molecule is Cl.NCCNC(=O)C1CCCN(C(=O)c2cccc3c2OCCO3)C1. The molecule has 2 aliphatic heterocycles. The van der Waals surface area contributed by atoms with Gasteiger partial charge in [0.25, 0.3) is 5.91 Å². The molecule has 1 aromatic carbocycles. The van der Waals surface area contributed by atoms with Crippen molar-refractivity contribution in [3.05, 3.63) is 23.8 Å². The van der Waals surface area contributed by atoms with E-state index in [1.165, 1.54) is 0 Å². The van der Waals surface area contributed by atoms with Crippen LogP contribution in [0.25, 0.3) is 0 Å². The van der Waals surface area contributed by atoms with Gasteiger partial charge in [0, 0.05) is 26.2 Å². The topological polar surface area (TPSA) is 93.9 Å². The number of piperidine rings is 1. The van der Waals surface area contributed by atoms with E-state index in [2.05, 4.69) is 5.32 Å². The molecule has 1 saturated heterocycles. The van der Waals surface area contributed by atoms with Crippen molar-refractivity contribution in [3.8, 4) is 11.5 Å². The molecule has 2 aliphatic rings. The molecule has 0 saturated carbocycles. The van der Waals surface area contributed by atoms with Crippen LogP contribution in [0.2, 0.25) is 0 Å². The van der Waals surface area contributed by atoms with Gasteiger partial charge < -0.3 is 25.4 Å². The second kappa shape index (κ2) is 8.92. The summed E-state index contributed by atoms with van der Waals surface area (Å²) in [5.41, 5.74) is 5.91. The van der Waals surface area contributed by atoms with Crippen LogP contribution in [0.3, 0.4) is 0 Å². The van der Waals surface area contributed by atoms with Crippen LogP contribution in [-0.4, -0.2) is 56.1 Å². The number of carbonyl (C=O) groups excluding carboxylic acids is 2. The molecule has 2 amide bonds. The Morgan fingerprint density at radius 3 is 2.88 bits per heavy atom. The highest BCUT2D eigenvalue weighted by molar-refractivity contribution is 5.98. The van der Waals surface area contributed by atoms with Gasteiger partial charge in [-0.15, -0.1) is 12.4 Å². The van der Waals surface area contributed by atoms with Crippen LogP contribution in [-0.2, 0) is 4.79 Å². The normalized spacial score (nSPS) is 18.9. The number of ether oxygens (including phenoxy) is 2. The number of likely N-dealkylation sites (tertiary alicyclic amines) is 1. The highest BCUT2D eigenvalue weighted by atomic mass is 35.5. The maximum atomic E-state index is 12.9. The fraction of sp³-hybridized carbons (Fsp3) is 0.529. The summed E-state index contributed by atoms with van der Waals surface area (Å²) in [6.45, 7) is 2.85. The minimum atomic E-state index is -0.189. The molecular weight excluding hydrogens is 346 g/mol. The van der Waals surface area contributed by atoms with E-state index in [0.29, 0.717) is 56.5 Å². The Labute approximate surface area is 153 Å². The molecular formula is C17H24ClN3O4. The maximum Gasteiger partial charge on any atom is 0.257 e. The highest BCUT2D eigenvalue weighted by Crippen LogP contribution is 2.34. The average molecular weight is 370 g/mol. The van der Waals surface area contributed by atoms with E-state index in [1.54, 1.807) is 23.1 Å². The number of hydrogen-bond donors (Lipinski definition) is 2. The molecule has 3 N–H and O–H groups in total. The van der Waals surface area contributed by atoms with Gasteiger partial charge in [-0.3, -0.25) is 9.59 Å². The zero-order valence-corrected chi connectivity index (χ0v) is 14.8. The van der Waals surface area contributed by atoms with E-state index in [4.69, 9.17) is 15.2 Å². The standard InChI is InChI=1S/C17H23N3O4.ClH/c18-6-7-19-16(21)12-3-2-8-20(11-12)17(22)13-4-1-5-14-15(13)24-10-9-23-14;/h1,4-5,12H,2-3,6-11,18H2,(H,19,21);1H. The summed E-state index contributed by atoms with van der Waals surface area (Å²) in [5.74, 6) is 0.761. The van der Waals surface area contributed by atoms with Gasteiger partial charge in [0.15, 0.2) is 11.5 Å². The number of hydrogen-bond acceptors (Lipinski definition) is 5. The second-order valence-electron chi connectivity index (χ2n) is 6.00. The molecule has 138 valence electrons. The van der Waals surface area contributed by atoms with E-state index in [1.807, 2.05) is 0 Å². The van der Waals surface area contributed by atoms with Gasteiger partial charge in [0.2, 0.25) is 5.91 Å². The van der Waals surface area contributed by atoms with Crippen molar-refractivity contribution in [3.63, 3.8) is 0 Å². The monoisotopic (exact) mass is 369 g/mol. The fourth-order valence-electron chi connectivity index (χ4n) is 3.13. The third kappa shape index (κ3) is 4.35. The van der Waals surface area contributed by atoms with Crippen LogP contribution in [0, 0.1) is 5.92 Å². The summed E-state index contributed by atoms with van der Waals surface area (Å²) in [5, 5.41) is 2.80. The van der Waals surface area contributed by atoms with E-state index < -0.39 is 0 Å². The first-order chi connectivity index (χ1) is 11.7. The molecule has 0 spiro atoms. The summed E-state index contributed by atoms with van der Waals surface area (Å²) in [4.78, 5) is 26.8. The summed E-state index contributed by atoms with van der Waals surface area (Å²) in [6.07, 6.45) is 1.59. The lowest BCUT2D eigenvalue weighted by Gasteiger charge is -2.33. The number of nitrogens with zero attached hydrogens (tertiary/aromatic N) is 1. The van der Waals surface area contributed by atoms with E-state index >= 15 is 0 Å². The molecule has 1 unspecified atom stereocenters. The molecule has 1 atom stereocenters. The molecule has 0 aliphatic carbocycles. The number of fused-ring (bicyclic) bond motifs is 1. The van der Waals surface area contributed by atoms with Crippen molar-refractivity contribution in [2.24, 2.45) is 11.7 Å². The number of nitrogens with one attached hydrogen (secondary N) is 1. The third-order valence-corrected chi connectivity index (χ3v) is 4.32. The van der Waals surface area contributed by atoms with Crippen LogP contribution in [0.15, 0.2) is 18.2 Å². The Kier molecular flexibility index (Phi) is 6.90. The third-order valence-electron chi connectivity index (χ3n) is 4.32. The Balaban J connectivity index is 0.00000225. The van der Waals surface area contributed by atoms with Crippen LogP contribution >= 0.6 is 12.4 Å². The molecule has 1 aromatic rings. The Morgan fingerprint density at radius 2 is 2.08 bits per heavy atom. The summed E-state index contributed by atoms with van der Waals surface area (Å²) in [7, 11) is 0. The number of halogens is 1. The number of para-hydroxylation sites is 1. The minimum absolute atomic E-state index is 0. The fourth-order valence-corrected chi connectivity index (χ4v) is 3.13. The van der Waals surface area contributed by atoms with Gasteiger partial charge in [-0.05, 0) is 25.0 Å². The van der Waals surface area contributed by atoms with E-state index in [9.17, 15) is 9.59 Å². The second-order valence-corrected chi connectivity index (χ2v) is 6.00. The number of amides is 2. The predicted octanol–water partition coefficient (Wildman–Crippen LogP) is 0.807. The van der Waals surface area contributed by atoms with Gasteiger partial charge >= 0.3 is 0 Å². The first-order valence-electron chi connectivity index (χ1n) is 8.36. The molecule has 3 rings (SSSR count). The van der Waals surface area contributed by atoms with Crippen molar-refractivity contribution in [2.45, 2.75) is 12.8 Å². The van der Waals surface area contributed by atoms with Crippen molar-refractivity contribution < 1.29 is 19.1 Å². The number of benzene rings is 1. The van der Waals surface area contributed by atoms with Crippen molar-refractivity contribution in [1.82, 2.24) is 10.2 Å². The zero-order chi connectivity index (χ0) is 16.9. The van der Waals surface area contributed by atoms with Crippen molar-refractivity contribution in [2.75, 3.05) is 39.4 Å². The van der Waals surface area contributed by atoms with E-state index in [-0.39, 0.29) is 30.1 Å². The molecule has 7 nitrogen and oxygen atoms in total. The smallest absolute Gasteiger partial charge is 0.257 e. The van der Waals surface area contributed by atoms with Crippen molar-refractivity contribution >= 4 is 24.2 Å². The van der Waals surface area contributed by atoms with Crippen molar-refractivity contribution in [1.29, 1.82) is 0 Å². The molecule has 0 radical (unpaired) electrons. The first-order valence-corrected chi connectivity index (χ1v) is 8.36. The Morgan fingerprint density at radius 1 is 1.28 bits per heavy atom. The molecule has 2 heterocycles.